The highest BCUT2D eigenvalue weighted by molar-refractivity contribution is 7.99. The molecule has 1 amide bonds. The minimum absolute atomic E-state index is 0.0725. The number of hydrogen-bond acceptors (Lipinski definition) is 2. The van der Waals surface area contributed by atoms with Crippen LogP contribution < -0.4 is 0 Å². The van der Waals surface area contributed by atoms with Crippen LogP contribution in [0.4, 0.5) is 0 Å². The van der Waals surface area contributed by atoms with E-state index in [2.05, 4.69) is 12.1 Å². The van der Waals surface area contributed by atoms with Gasteiger partial charge in [-0.3, -0.25) is 4.79 Å². The van der Waals surface area contributed by atoms with Crippen molar-refractivity contribution in [2.24, 2.45) is 0 Å². The summed E-state index contributed by atoms with van der Waals surface area (Å²) < 4.78 is 0. The molecule has 18 heavy (non-hydrogen) atoms. The Morgan fingerprint density at radius 2 is 1.89 bits per heavy atom. The van der Waals surface area contributed by atoms with Crippen LogP contribution in [0.15, 0.2) is 30.3 Å². The van der Waals surface area contributed by atoms with Crippen molar-refractivity contribution in [2.75, 3.05) is 13.1 Å². The van der Waals surface area contributed by atoms with Crippen molar-refractivity contribution < 1.29 is 4.79 Å². The van der Waals surface area contributed by atoms with Crippen molar-refractivity contribution in [3.05, 3.63) is 35.9 Å². The van der Waals surface area contributed by atoms with Gasteiger partial charge in [0.05, 0.1) is 5.25 Å². The molecular weight excluding hydrogens is 242 g/mol. The molecule has 1 aliphatic rings. The van der Waals surface area contributed by atoms with Gasteiger partial charge in [0.15, 0.2) is 0 Å². The molecule has 1 atom stereocenters. The second-order valence-electron chi connectivity index (χ2n) is 4.82. The van der Waals surface area contributed by atoms with Crippen molar-refractivity contribution in [1.29, 1.82) is 0 Å². The summed E-state index contributed by atoms with van der Waals surface area (Å²) in [7, 11) is 0. The fourth-order valence-corrected chi connectivity index (χ4v) is 3.16. The summed E-state index contributed by atoms with van der Waals surface area (Å²) in [5.41, 5.74) is 1.29. The Labute approximate surface area is 114 Å². The zero-order valence-electron chi connectivity index (χ0n) is 11.0. The van der Waals surface area contributed by atoms with Gasteiger partial charge in [0.1, 0.15) is 0 Å². The van der Waals surface area contributed by atoms with Gasteiger partial charge < -0.3 is 4.90 Å². The Morgan fingerprint density at radius 1 is 1.22 bits per heavy atom. The minimum atomic E-state index is 0.0725. The molecule has 0 unspecified atom stereocenters. The third-order valence-corrected chi connectivity index (χ3v) is 4.56. The van der Waals surface area contributed by atoms with Crippen molar-refractivity contribution in [2.45, 2.75) is 37.2 Å². The second kappa shape index (κ2) is 6.83. The number of amides is 1. The molecule has 2 rings (SSSR count). The highest BCUT2D eigenvalue weighted by Crippen LogP contribution is 2.21. The molecule has 2 nitrogen and oxygen atoms in total. The third kappa shape index (κ3) is 3.77. The molecule has 1 aliphatic heterocycles. The zero-order chi connectivity index (χ0) is 12.8. The average molecular weight is 263 g/mol. The fraction of sp³-hybridized carbons (Fsp3) is 0.533. The molecule has 0 radical (unpaired) electrons. The van der Waals surface area contributed by atoms with Gasteiger partial charge in [-0.15, -0.1) is 11.8 Å². The van der Waals surface area contributed by atoms with Gasteiger partial charge in [-0.2, -0.15) is 0 Å². The largest absolute Gasteiger partial charge is 0.342 e. The number of likely N-dealkylation sites (tertiary alicyclic amines) is 1. The Bertz CT molecular complexity index is 373. The Balaban J connectivity index is 1.80. The van der Waals surface area contributed by atoms with Crippen molar-refractivity contribution in [1.82, 2.24) is 4.90 Å². The summed E-state index contributed by atoms with van der Waals surface area (Å²) in [5, 5.41) is 0.0725. The molecule has 0 spiro atoms. The molecule has 1 saturated heterocycles. The predicted molar refractivity (Wildman–Crippen MR) is 77.6 cm³/mol. The lowest BCUT2D eigenvalue weighted by Gasteiger charge is -2.29. The molecule has 0 saturated carbocycles. The van der Waals surface area contributed by atoms with Crippen LogP contribution in [0.5, 0.6) is 0 Å². The van der Waals surface area contributed by atoms with Gasteiger partial charge >= 0.3 is 0 Å². The molecule has 0 aromatic heterocycles. The first-order chi connectivity index (χ1) is 8.77. The number of thioether (sulfide) groups is 1. The van der Waals surface area contributed by atoms with E-state index in [1.54, 1.807) is 11.8 Å². The van der Waals surface area contributed by atoms with E-state index in [0.29, 0.717) is 5.91 Å². The summed E-state index contributed by atoms with van der Waals surface area (Å²) in [5.74, 6) is 1.23. The van der Waals surface area contributed by atoms with Crippen molar-refractivity contribution in [3.8, 4) is 0 Å². The number of carbonyl (C=O) groups excluding carboxylic acids is 1. The highest BCUT2D eigenvalue weighted by Gasteiger charge is 2.22. The SMILES string of the molecule is C[C@@H](SCc1ccccc1)C(=O)N1CCCCC1. The van der Waals surface area contributed by atoms with E-state index in [-0.39, 0.29) is 5.25 Å². The average Bonchev–Trinajstić information content (AvgIpc) is 2.46. The molecule has 1 aromatic rings. The molecular formula is C15H21NOS. The van der Waals surface area contributed by atoms with Gasteiger partial charge in [-0.1, -0.05) is 30.3 Å². The number of rotatable bonds is 4. The van der Waals surface area contributed by atoms with E-state index in [0.717, 1.165) is 18.8 Å². The monoisotopic (exact) mass is 263 g/mol. The third-order valence-electron chi connectivity index (χ3n) is 3.36. The molecule has 0 bridgehead atoms. The molecule has 3 heteroatoms. The van der Waals surface area contributed by atoms with E-state index in [4.69, 9.17) is 0 Å². The summed E-state index contributed by atoms with van der Waals surface area (Å²) in [6.45, 7) is 3.94. The van der Waals surface area contributed by atoms with Crippen LogP contribution in [0, 0.1) is 0 Å². The number of carbonyl (C=O) groups is 1. The molecule has 0 aliphatic carbocycles. The summed E-state index contributed by atoms with van der Waals surface area (Å²) in [4.78, 5) is 14.3. The van der Waals surface area contributed by atoms with Gasteiger partial charge in [-0.05, 0) is 31.7 Å². The van der Waals surface area contributed by atoms with Crippen LogP contribution in [0.25, 0.3) is 0 Å². The van der Waals surface area contributed by atoms with E-state index in [1.807, 2.05) is 30.0 Å². The van der Waals surface area contributed by atoms with Crippen molar-refractivity contribution in [3.63, 3.8) is 0 Å². The zero-order valence-corrected chi connectivity index (χ0v) is 11.8. The number of hydrogen-bond donors (Lipinski definition) is 0. The standard InChI is InChI=1S/C15H21NOS/c1-13(15(17)16-10-6-3-7-11-16)18-12-14-8-4-2-5-9-14/h2,4-5,8-9,13H,3,6-7,10-12H2,1H3/t13-/m1/s1. The van der Waals surface area contributed by atoms with Crippen LogP contribution in [0.3, 0.4) is 0 Å². The van der Waals surface area contributed by atoms with Crippen LogP contribution in [-0.2, 0) is 10.5 Å². The van der Waals surface area contributed by atoms with Crippen LogP contribution >= 0.6 is 11.8 Å². The molecule has 1 heterocycles. The topological polar surface area (TPSA) is 20.3 Å². The lowest BCUT2D eigenvalue weighted by Crippen LogP contribution is -2.40. The van der Waals surface area contributed by atoms with E-state index in [1.165, 1.54) is 24.8 Å². The maximum atomic E-state index is 12.2. The van der Waals surface area contributed by atoms with Crippen molar-refractivity contribution >= 4 is 17.7 Å². The van der Waals surface area contributed by atoms with Crippen LogP contribution in [0.2, 0.25) is 0 Å². The minimum Gasteiger partial charge on any atom is -0.342 e. The summed E-state index contributed by atoms with van der Waals surface area (Å²) in [6.07, 6.45) is 3.61. The Hall–Kier alpha value is -0.960. The number of piperidine rings is 1. The Kier molecular flexibility index (Phi) is 5.12. The molecule has 0 N–H and O–H groups in total. The first-order valence-electron chi connectivity index (χ1n) is 6.71. The second-order valence-corrected chi connectivity index (χ2v) is 6.15. The predicted octanol–water partition coefficient (Wildman–Crippen LogP) is 3.32. The first kappa shape index (κ1) is 13.5. The van der Waals surface area contributed by atoms with E-state index >= 15 is 0 Å². The van der Waals surface area contributed by atoms with Crippen LogP contribution in [0.1, 0.15) is 31.7 Å². The Morgan fingerprint density at radius 3 is 2.56 bits per heavy atom. The lowest BCUT2D eigenvalue weighted by molar-refractivity contribution is -0.131. The summed E-state index contributed by atoms with van der Waals surface area (Å²) >= 11 is 1.74. The van der Waals surface area contributed by atoms with Gasteiger partial charge in [0, 0.05) is 18.8 Å². The number of nitrogens with zero attached hydrogens (tertiary/aromatic N) is 1. The quantitative estimate of drug-likeness (QED) is 0.830. The van der Waals surface area contributed by atoms with Crippen LogP contribution in [-0.4, -0.2) is 29.1 Å². The number of benzene rings is 1. The van der Waals surface area contributed by atoms with E-state index < -0.39 is 0 Å². The summed E-state index contributed by atoms with van der Waals surface area (Å²) in [6, 6.07) is 10.4. The highest BCUT2D eigenvalue weighted by atomic mass is 32.2. The smallest absolute Gasteiger partial charge is 0.235 e. The first-order valence-corrected chi connectivity index (χ1v) is 7.76. The van der Waals surface area contributed by atoms with Gasteiger partial charge in [0.2, 0.25) is 5.91 Å². The van der Waals surface area contributed by atoms with Gasteiger partial charge in [0.25, 0.3) is 0 Å². The van der Waals surface area contributed by atoms with Gasteiger partial charge in [-0.25, -0.2) is 0 Å². The maximum Gasteiger partial charge on any atom is 0.235 e. The lowest BCUT2D eigenvalue weighted by atomic mass is 10.1. The normalized spacial score (nSPS) is 17.5. The molecule has 1 fully saturated rings. The van der Waals surface area contributed by atoms with E-state index in [9.17, 15) is 4.79 Å². The molecule has 1 aromatic carbocycles. The molecule has 98 valence electrons. The fourth-order valence-electron chi connectivity index (χ4n) is 2.24. The maximum absolute atomic E-state index is 12.2.